The number of cyclic esters (lactones) is 3. The Morgan fingerprint density at radius 2 is 1.70 bits per heavy atom. The monoisotopic (exact) mass is 380 g/mol. The quantitative estimate of drug-likeness (QED) is 0.536. The predicted molar refractivity (Wildman–Crippen MR) is 97.7 cm³/mol. The smallest absolute Gasteiger partial charge is 0.312 e. The molecule has 0 saturated carbocycles. The fraction of sp³-hybridized carbons (Fsp3) is 0.857. The molecule has 0 aromatic heterocycles. The van der Waals surface area contributed by atoms with Crippen molar-refractivity contribution in [2.75, 3.05) is 6.61 Å². The highest BCUT2D eigenvalue weighted by atomic mass is 16.6. The highest BCUT2D eigenvalue weighted by Crippen LogP contribution is 2.44. The molecule has 27 heavy (non-hydrogen) atoms. The van der Waals surface area contributed by atoms with Gasteiger partial charge in [0.2, 0.25) is 0 Å². The van der Waals surface area contributed by atoms with Crippen LogP contribution in [0.5, 0.6) is 0 Å². The summed E-state index contributed by atoms with van der Waals surface area (Å²) < 4.78 is 16.6. The molecule has 3 aliphatic rings. The minimum Gasteiger partial charge on any atom is -0.465 e. The van der Waals surface area contributed by atoms with Crippen molar-refractivity contribution >= 4 is 17.9 Å². The van der Waals surface area contributed by atoms with Crippen LogP contribution in [0.15, 0.2) is 0 Å². The summed E-state index contributed by atoms with van der Waals surface area (Å²) in [4.78, 5) is 36.9. The van der Waals surface area contributed by atoms with Crippen molar-refractivity contribution in [2.45, 2.75) is 90.8 Å². The number of esters is 3. The van der Waals surface area contributed by atoms with Gasteiger partial charge in [-0.1, -0.05) is 13.8 Å². The molecule has 3 aliphatic heterocycles. The predicted octanol–water partition coefficient (Wildman–Crippen LogP) is 3.55. The van der Waals surface area contributed by atoms with Crippen LogP contribution in [-0.2, 0) is 28.6 Å². The molecule has 0 aliphatic carbocycles. The Bertz CT molecular complexity index is 601. The number of carbonyl (C=O) groups is 3. The second kappa shape index (κ2) is 7.80. The van der Waals surface area contributed by atoms with Gasteiger partial charge in [0, 0.05) is 12.8 Å². The summed E-state index contributed by atoms with van der Waals surface area (Å²) in [5.74, 6) is -0.609. The first-order chi connectivity index (χ1) is 12.8. The Kier molecular flexibility index (Phi) is 5.82. The van der Waals surface area contributed by atoms with Crippen molar-refractivity contribution in [1.82, 2.24) is 0 Å². The normalized spacial score (nSPS) is 40.1. The molecule has 6 heteroatoms. The van der Waals surface area contributed by atoms with E-state index in [1.165, 1.54) is 0 Å². The molecule has 0 amide bonds. The van der Waals surface area contributed by atoms with Crippen LogP contribution in [0.2, 0.25) is 0 Å². The number of hydrogen-bond donors (Lipinski definition) is 0. The second-order valence-corrected chi connectivity index (χ2v) is 8.95. The molecule has 0 radical (unpaired) electrons. The third-order valence-corrected chi connectivity index (χ3v) is 6.83. The Morgan fingerprint density at radius 1 is 0.963 bits per heavy atom. The number of ether oxygens (including phenoxy) is 3. The van der Waals surface area contributed by atoms with E-state index >= 15 is 0 Å². The largest absolute Gasteiger partial charge is 0.465 e. The third kappa shape index (κ3) is 4.14. The summed E-state index contributed by atoms with van der Waals surface area (Å²) >= 11 is 0. The van der Waals surface area contributed by atoms with Gasteiger partial charge in [-0.05, 0) is 51.9 Å². The van der Waals surface area contributed by atoms with E-state index in [2.05, 4.69) is 0 Å². The summed E-state index contributed by atoms with van der Waals surface area (Å²) in [6, 6.07) is 0. The van der Waals surface area contributed by atoms with E-state index in [4.69, 9.17) is 14.2 Å². The van der Waals surface area contributed by atoms with Crippen molar-refractivity contribution in [2.24, 2.45) is 16.7 Å². The molecular weight excluding hydrogens is 348 g/mol. The molecule has 3 rings (SSSR count). The average Bonchev–Trinajstić information content (AvgIpc) is 2.64. The molecular formula is C21H32O6. The van der Waals surface area contributed by atoms with Gasteiger partial charge >= 0.3 is 17.9 Å². The van der Waals surface area contributed by atoms with Gasteiger partial charge in [0.25, 0.3) is 0 Å². The van der Waals surface area contributed by atoms with Crippen molar-refractivity contribution in [1.29, 1.82) is 0 Å². The minimum atomic E-state index is -0.630. The summed E-state index contributed by atoms with van der Waals surface area (Å²) in [7, 11) is 0. The lowest BCUT2D eigenvalue weighted by Crippen LogP contribution is -2.46. The van der Waals surface area contributed by atoms with Gasteiger partial charge in [0.15, 0.2) is 0 Å². The lowest BCUT2D eigenvalue weighted by molar-refractivity contribution is -0.183. The summed E-state index contributed by atoms with van der Waals surface area (Å²) in [6.07, 6.45) is 5.98. The highest BCUT2D eigenvalue weighted by molar-refractivity contribution is 5.79. The topological polar surface area (TPSA) is 78.9 Å². The third-order valence-electron chi connectivity index (χ3n) is 6.83. The first-order valence-electron chi connectivity index (χ1n) is 10.4. The van der Waals surface area contributed by atoms with Crippen molar-refractivity contribution in [3.05, 3.63) is 0 Å². The molecule has 0 spiro atoms. The van der Waals surface area contributed by atoms with Gasteiger partial charge in [0.05, 0.1) is 23.4 Å². The van der Waals surface area contributed by atoms with Gasteiger partial charge in [-0.15, -0.1) is 0 Å². The molecule has 152 valence electrons. The standard InChI is InChI=1S/C21H32O6/c1-4-21(9-5-11-25-19(21)24)13-16-8-10-20(3,18(23)27-16)12-15-7-6-14(2)17(22)26-15/h14-16H,4-13H2,1-3H3/t14-,15?,16?,20?,21?/m1/s1. The molecule has 4 unspecified atom stereocenters. The van der Waals surface area contributed by atoms with Gasteiger partial charge in [-0.2, -0.15) is 0 Å². The number of hydrogen-bond acceptors (Lipinski definition) is 6. The van der Waals surface area contributed by atoms with Gasteiger partial charge < -0.3 is 14.2 Å². The van der Waals surface area contributed by atoms with E-state index < -0.39 is 10.8 Å². The van der Waals surface area contributed by atoms with Crippen LogP contribution in [0.1, 0.15) is 78.6 Å². The van der Waals surface area contributed by atoms with Gasteiger partial charge in [0.1, 0.15) is 12.2 Å². The maximum Gasteiger partial charge on any atom is 0.312 e. The van der Waals surface area contributed by atoms with Crippen LogP contribution in [0.3, 0.4) is 0 Å². The van der Waals surface area contributed by atoms with Crippen LogP contribution in [-0.4, -0.2) is 36.7 Å². The first-order valence-corrected chi connectivity index (χ1v) is 10.4. The lowest BCUT2D eigenvalue weighted by atomic mass is 9.71. The molecule has 0 bridgehead atoms. The van der Waals surface area contributed by atoms with Crippen LogP contribution >= 0.6 is 0 Å². The van der Waals surface area contributed by atoms with E-state index in [0.717, 1.165) is 32.1 Å². The fourth-order valence-corrected chi connectivity index (χ4v) is 4.72. The van der Waals surface area contributed by atoms with E-state index in [-0.39, 0.29) is 36.0 Å². The van der Waals surface area contributed by atoms with Crippen LogP contribution in [0.4, 0.5) is 0 Å². The van der Waals surface area contributed by atoms with Crippen molar-refractivity contribution in [3.8, 4) is 0 Å². The van der Waals surface area contributed by atoms with E-state index in [1.807, 2.05) is 20.8 Å². The Morgan fingerprint density at radius 3 is 2.33 bits per heavy atom. The van der Waals surface area contributed by atoms with Crippen molar-refractivity contribution in [3.63, 3.8) is 0 Å². The molecule has 3 saturated heterocycles. The Balaban J connectivity index is 1.59. The lowest BCUT2D eigenvalue weighted by Gasteiger charge is -2.42. The molecule has 6 nitrogen and oxygen atoms in total. The van der Waals surface area contributed by atoms with Gasteiger partial charge in [-0.25, -0.2) is 0 Å². The maximum absolute atomic E-state index is 12.8. The highest BCUT2D eigenvalue weighted by Gasteiger charge is 2.48. The molecule has 0 aromatic rings. The molecule has 3 fully saturated rings. The zero-order valence-electron chi connectivity index (χ0n) is 16.8. The van der Waals surface area contributed by atoms with Gasteiger partial charge in [-0.3, -0.25) is 14.4 Å². The zero-order chi connectivity index (χ0) is 19.7. The van der Waals surface area contributed by atoms with Crippen LogP contribution in [0.25, 0.3) is 0 Å². The first kappa shape index (κ1) is 20.2. The Labute approximate surface area is 161 Å². The number of rotatable bonds is 5. The van der Waals surface area contributed by atoms with E-state index in [9.17, 15) is 14.4 Å². The minimum absolute atomic E-state index is 0.0581. The second-order valence-electron chi connectivity index (χ2n) is 8.95. The fourth-order valence-electron chi connectivity index (χ4n) is 4.72. The van der Waals surface area contributed by atoms with Crippen molar-refractivity contribution < 1.29 is 28.6 Å². The van der Waals surface area contributed by atoms with Crippen LogP contribution in [0, 0.1) is 16.7 Å². The molecule has 0 N–H and O–H groups in total. The Hall–Kier alpha value is -1.59. The average molecular weight is 380 g/mol. The number of carbonyl (C=O) groups excluding carboxylic acids is 3. The van der Waals surface area contributed by atoms with Crippen LogP contribution < -0.4 is 0 Å². The molecule has 5 atom stereocenters. The van der Waals surface area contributed by atoms with E-state index in [1.54, 1.807) is 0 Å². The summed E-state index contributed by atoms with van der Waals surface area (Å²) in [6.45, 7) is 6.27. The summed E-state index contributed by atoms with van der Waals surface area (Å²) in [5, 5.41) is 0. The molecule has 0 aromatic carbocycles. The SMILES string of the molecule is CCC1(CC2CCC(C)(CC3CC[C@@H](C)C(=O)O3)C(=O)O2)CCCOC1=O. The zero-order valence-corrected chi connectivity index (χ0v) is 16.8. The maximum atomic E-state index is 12.8. The van der Waals surface area contributed by atoms with E-state index in [0.29, 0.717) is 32.3 Å². The summed E-state index contributed by atoms with van der Waals surface area (Å²) in [5.41, 5.74) is -1.15. The molecule has 3 heterocycles.